The minimum absolute atomic E-state index is 0.0100. The number of benzene rings is 1. The highest BCUT2D eigenvalue weighted by Gasteiger charge is 2.16. The Kier molecular flexibility index (Phi) is 5.40. The van der Waals surface area contributed by atoms with Gasteiger partial charge in [-0.15, -0.1) is 16.2 Å². The highest BCUT2D eigenvalue weighted by Crippen LogP contribution is 2.20. The van der Waals surface area contributed by atoms with Gasteiger partial charge in [0.15, 0.2) is 4.96 Å². The first-order valence-electron chi connectivity index (χ1n) is 8.20. The first-order chi connectivity index (χ1) is 12.4. The minimum atomic E-state index is -3.82. The van der Waals surface area contributed by atoms with E-state index in [1.54, 1.807) is 30.5 Å². The van der Waals surface area contributed by atoms with Crippen LogP contribution in [0.5, 0.6) is 0 Å². The van der Waals surface area contributed by atoms with Crippen molar-refractivity contribution in [3.8, 4) is 0 Å². The van der Waals surface area contributed by atoms with Crippen LogP contribution in [-0.4, -0.2) is 23.7 Å². The normalized spacial score (nSPS) is 13.0. The van der Waals surface area contributed by atoms with E-state index in [4.69, 9.17) is 0 Å². The lowest BCUT2D eigenvalue weighted by molar-refractivity contribution is -0.120. The summed E-state index contributed by atoms with van der Waals surface area (Å²) in [7, 11) is -3.82. The Labute approximate surface area is 156 Å². The van der Waals surface area contributed by atoms with Crippen LogP contribution in [0.15, 0.2) is 46.9 Å². The molecule has 7 nitrogen and oxygen atoms in total. The molecule has 2 N–H and O–H groups in total. The van der Waals surface area contributed by atoms with Gasteiger partial charge in [0.2, 0.25) is 5.91 Å². The Morgan fingerprint density at radius 2 is 2.04 bits per heavy atom. The second-order valence-electron chi connectivity index (χ2n) is 6.03. The van der Waals surface area contributed by atoms with Crippen LogP contribution in [0, 0.1) is 0 Å². The van der Waals surface area contributed by atoms with Gasteiger partial charge in [0.1, 0.15) is 0 Å². The summed E-state index contributed by atoms with van der Waals surface area (Å²) >= 11 is 1.46. The molecule has 0 radical (unpaired) electrons. The van der Waals surface area contributed by atoms with Crippen LogP contribution < -0.4 is 10.3 Å². The Morgan fingerprint density at radius 1 is 1.31 bits per heavy atom. The number of fused-ring (bicyclic) bond motifs is 1. The number of hydrogen-bond donors (Lipinski definition) is 2. The van der Waals surface area contributed by atoms with Crippen LogP contribution >= 0.6 is 11.3 Å². The first kappa shape index (κ1) is 18.6. The second kappa shape index (κ2) is 7.56. The third kappa shape index (κ3) is 4.12. The molecule has 0 spiro atoms. The molecule has 138 valence electrons. The molecule has 3 rings (SSSR count). The topological polar surface area (TPSA) is 92.6 Å². The van der Waals surface area contributed by atoms with Crippen LogP contribution in [0.4, 0.5) is 0 Å². The summed E-state index contributed by atoms with van der Waals surface area (Å²) in [5, 5.41) is 1.90. The van der Waals surface area contributed by atoms with Crippen molar-refractivity contribution >= 4 is 32.2 Å². The van der Waals surface area contributed by atoms with Gasteiger partial charge in [-0.1, -0.05) is 26.0 Å². The van der Waals surface area contributed by atoms with Crippen molar-refractivity contribution in [2.45, 2.75) is 37.5 Å². The zero-order valence-corrected chi connectivity index (χ0v) is 16.1. The van der Waals surface area contributed by atoms with Gasteiger partial charge in [-0.2, -0.15) is 0 Å². The fourth-order valence-corrected chi connectivity index (χ4v) is 4.04. The summed E-state index contributed by atoms with van der Waals surface area (Å²) < 4.78 is 26.4. The smallest absolute Gasteiger partial charge is 0.257 e. The maximum atomic E-state index is 12.3. The fraction of sp³-hybridized carbons (Fsp3) is 0.294. The van der Waals surface area contributed by atoms with Crippen LogP contribution in [0.1, 0.15) is 37.4 Å². The van der Waals surface area contributed by atoms with Crippen molar-refractivity contribution in [1.29, 1.82) is 0 Å². The van der Waals surface area contributed by atoms with Gasteiger partial charge in [-0.25, -0.2) is 13.4 Å². The molecule has 0 unspecified atom stereocenters. The fourth-order valence-electron chi connectivity index (χ4n) is 2.46. The molecule has 0 saturated carbocycles. The highest BCUT2D eigenvalue weighted by molar-refractivity contribution is 7.89. The number of aromatic nitrogens is 2. The molecule has 26 heavy (non-hydrogen) atoms. The van der Waals surface area contributed by atoms with Gasteiger partial charge in [0, 0.05) is 17.8 Å². The molecule has 3 aromatic rings. The number of hydrazine groups is 1. The van der Waals surface area contributed by atoms with Gasteiger partial charge in [-0.3, -0.25) is 14.6 Å². The van der Waals surface area contributed by atoms with Crippen molar-refractivity contribution in [2.24, 2.45) is 0 Å². The number of nitrogens with one attached hydrogen (secondary N) is 2. The second-order valence-corrected chi connectivity index (χ2v) is 8.59. The quantitative estimate of drug-likeness (QED) is 0.604. The molecular weight excluding hydrogens is 372 g/mol. The van der Waals surface area contributed by atoms with Crippen LogP contribution in [0.25, 0.3) is 4.96 Å². The molecule has 0 aliphatic rings. The molecule has 0 aliphatic carbocycles. The largest absolute Gasteiger partial charge is 0.297 e. The Morgan fingerprint density at radius 3 is 2.69 bits per heavy atom. The molecular formula is C17H20N4O3S2. The number of rotatable bonds is 7. The van der Waals surface area contributed by atoms with Crippen LogP contribution in [0.3, 0.4) is 0 Å². The average molecular weight is 393 g/mol. The van der Waals surface area contributed by atoms with Gasteiger partial charge < -0.3 is 0 Å². The van der Waals surface area contributed by atoms with Gasteiger partial charge in [0.05, 0.1) is 17.0 Å². The van der Waals surface area contributed by atoms with Gasteiger partial charge >= 0.3 is 0 Å². The lowest BCUT2D eigenvalue weighted by Crippen LogP contribution is -2.42. The number of amides is 1. The Bertz CT molecular complexity index is 978. The molecule has 1 amide bonds. The van der Waals surface area contributed by atoms with E-state index in [1.807, 2.05) is 16.0 Å². The number of hydrogen-bond acceptors (Lipinski definition) is 5. The number of carbonyl (C=O) groups excluding carboxylic acids is 1. The lowest BCUT2D eigenvalue weighted by atomic mass is 9.99. The summed E-state index contributed by atoms with van der Waals surface area (Å²) in [6.07, 6.45) is 4.56. The van der Waals surface area contributed by atoms with Gasteiger partial charge in [-0.05, 0) is 30.0 Å². The molecule has 0 fully saturated rings. The van der Waals surface area contributed by atoms with E-state index in [0.717, 1.165) is 16.9 Å². The zero-order valence-electron chi connectivity index (χ0n) is 14.5. The number of sulfonamides is 1. The molecule has 0 aliphatic heterocycles. The predicted octanol–water partition coefficient (Wildman–Crippen LogP) is 2.46. The molecule has 1 atom stereocenters. The van der Waals surface area contributed by atoms with Crippen LogP contribution in [-0.2, 0) is 21.2 Å². The summed E-state index contributed by atoms with van der Waals surface area (Å²) in [5.41, 5.74) is 3.89. The molecule has 2 aromatic heterocycles. The third-order valence-electron chi connectivity index (χ3n) is 4.18. The van der Waals surface area contributed by atoms with E-state index < -0.39 is 15.9 Å². The SMILES string of the molecule is CC[C@@H](C)c1ccc(S(=O)(=O)NNC(=O)Cc2cn3ccsc3n2)cc1. The monoisotopic (exact) mass is 392 g/mol. The standard InChI is InChI=1S/C17H20N4O3S2/c1-3-12(2)13-4-6-15(7-5-13)26(23,24)20-19-16(22)10-14-11-21-8-9-25-17(21)18-14/h4-9,11-12,20H,3,10H2,1-2H3,(H,19,22)/t12-/m1/s1. The van der Waals surface area contributed by atoms with E-state index in [-0.39, 0.29) is 11.3 Å². The van der Waals surface area contributed by atoms with Crippen molar-refractivity contribution in [2.75, 3.05) is 0 Å². The summed E-state index contributed by atoms with van der Waals surface area (Å²) in [4.78, 5) is 19.3. The van der Waals surface area contributed by atoms with Crippen molar-refractivity contribution in [3.63, 3.8) is 0 Å². The Hall–Kier alpha value is -2.23. The average Bonchev–Trinajstić information content (AvgIpc) is 3.21. The molecule has 1 aromatic carbocycles. The molecule has 0 saturated heterocycles. The number of carbonyl (C=O) groups is 1. The molecule has 2 heterocycles. The van der Waals surface area contributed by atoms with Crippen molar-refractivity contribution in [3.05, 3.63) is 53.3 Å². The number of nitrogens with zero attached hydrogens (tertiary/aromatic N) is 2. The van der Waals surface area contributed by atoms with Crippen LogP contribution in [0.2, 0.25) is 0 Å². The van der Waals surface area contributed by atoms with E-state index >= 15 is 0 Å². The first-order valence-corrected chi connectivity index (χ1v) is 10.6. The summed E-state index contributed by atoms with van der Waals surface area (Å²) in [6, 6.07) is 6.67. The van der Waals surface area contributed by atoms with E-state index in [1.165, 1.54) is 11.3 Å². The zero-order chi connectivity index (χ0) is 18.7. The lowest BCUT2D eigenvalue weighted by Gasteiger charge is -2.11. The highest BCUT2D eigenvalue weighted by atomic mass is 32.2. The van der Waals surface area contributed by atoms with Crippen molar-refractivity contribution in [1.82, 2.24) is 19.6 Å². The van der Waals surface area contributed by atoms with Crippen molar-refractivity contribution < 1.29 is 13.2 Å². The van der Waals surface area contributed by atoms with Gasteiger partial charge in [0.25, 0.3) is 10.0 Å². The number of imidazole rings is 1. The molecule has 0 bridgehead atoms. The summed E-state index contributed by atoms with van der Waals surface area (Å²) in [6.45, 7) is 4.16. The molecule has 9 heteroatoms. The predicted molar refractivity (Wildman–Crippen MR) is 100 cm³/mol. The Balaban J connectivity index is 1.60. The minimum Gasteiger partial charge on any atom is -0.297 e. The number of thiazole rings is 1. The van der Waals surface area contributed by atoms with E-state index in [0.29, 0.717) is 11.6 Å². The van der Waals surface area contributed by atoms with E-state index in [2.05, 4.69) is 29.1 Å². The maximum absolute atomic E-state index is 12.3. The maximum Gasteiger partial charge on any atom is 0.257 e. The summed E-state index contributed by atoms with van der Waals surface area (Å²) in [5.74, 6) is -0.112. The van der Waals surface area contributed by atoms with E-state index in [9.17, 15) is 13.2 Å². The third-order valence-corrected chi connectivity index (χ3v) is 6.22.